The van der Waals surface area contributed by atoms with Crippen LogP contribution in [0.15, 0.2) is 30.5 Å². The lowest BCUT2D eigenvalue weighted by Gasteiger charge is -2.35. The number of nitrogens with zero attached hydrogens (tertiary/aromatic N) is 2. The maximum Gasteiger partial charge on any atom is 0.0481 e. The fourth-order valence-corrected chi connectivity index (χ4v) is 4.23. The smallest absolute Gasteiger partial charge is 0.0481 e. The lowest BCUT2D eigenvalue weighted by Crippen LogP contribution is -2.45. The second-order valence-electron chi connectivity index (χ2n) is 6.72. The van der Waals surface area contributed by atoms with Gasteiger partial charge in [0.2, 0.25) is 0 Å². The molecule has 2 fully saturated rings. The van der Waals surface area contributed by atoms with Crippen molar-refractivity contribution in [3.05, 3.63) is 36.0 Å². The van der Waals surface area contributed by atoms with Crippen molar-refractivity contribution in [2.45, 2.75) is 44.3 Å². The molecule has 0 aliphatic carbocycles. The summed E-state index contributed by atoms with van der Waals surface area (Å²) in [5, 5.41) is 5.21. The van der Waals surface area contributed by atoms with E-state index in [9.17, 15) is 0 Å². The zero-order valence-corrected chi connectivity index (χ0v) is 12.9. The zero-order chi connectivity index (χ0) is 14.2. The van der Waals surface area contributed by atoms with E-state index in [1.807, 2.05) is 0 Å². The van der Waals surface area contributed by atoms with Crippen LogP contribution in [0.2, 0.25) is 0 Å². The first-order valence-corrected chi connectivity index (χ1v) is 8.31. The average molecular weight is 283 g/mol. The summed E-state index contributed by atoms with van der Waals surface area (Å²) < 4.78 is 2.24. The van der Waals surface area contributed by atoms with Gasteiger partial charge >= 0.3 is 0 Å². The number of para-hydroxylation sites is 1. The van der Waals surface area contributed by atoms with Gasteiger partial charge in [-0.05, 0) is 50.4 Å². The van der Waals surface area contributed by atoms with Crippen LogP contribution in [0.3, 0.4) is 0 Å². The Labute approximate surface area is 126 Å². The van der Waals surface area contributed by atoms with Crippen molar-refractivity contribution in [3.63, 3.8) is 0 Å². The van der Waals surface area contributed by atoms with Crippen LogP contribution >= 0.6 is 0 Å². The molecule has 2 unspecified atom stereocenters. The standard InChI is InChI=1S/C18H25N3/c1-20-13-14(17-6-2-3-7-18(17)20)12-19-15-8-10-21-9-4-5-16(21)11-15/h2-3,6-7,13,15-16,19H,4-5,8-12H2,1H3. The minimum absolute atomic E-state index is 0.698. The summed E-state index contributed by atoms with van der Waals surface area (Å²) in [6, 6.07) is 10.3. The zero-order valence-electron chi connectivity index (χ0n) is 12.9. The van der Waals surface area contributed by atoms with Crippen LogP contribution in [-0.2, 0) is 13.6 Å². The molecule has 2 atom stereocenters. The monoisotopic (exact) mass is 283 g/mol. The van der Waals surface area contributed by atoms with E-state index in [0.717, 1.165) is 12.6 Å². The van der Waals surface area contributed by atoms with E-state index in [2.05, 4.69) is 52.3 Å². The number of aromatic nitrogens is 1. The number of hydrogen-bond donors (Lipinski definition) is 1. The van der Waals surface area contributed by atoms with Crippen LogP contribution in [0.1, 0.15) is 31.2 Å². The summed E-state index contributed by atoms with van der Waals surface area (Å²) in [6.45, 7) is 3.62. The van der Waals surface area contributed by atoms with E-state index < -0.39 is 0 Å². The third-order valence-corrected chi connectivity index (χ3v) is 5.38. The van der Waals surface area contributed by atoms with Crippen LogP contribution in [0.5, 0.6) is 0 Å². The van der Waals surface area contributed by atoms with Gasteiger partial charge in [-0.15, -0.1) is 0 Å². The fourth-order valence-electron chi connectivity index (χ4n) is 4.23. The first kappa shape index (κ1) is 13.4. The normalized spacial score (nSPS) is 26.3. The molecule has 1 N–H and O–H groups in total. The van der Waals surface area contributed by atoms with Gasteiger partial charge in [0.1, 0.15) is 0 Å². The second kappa shape index (κ2) is 5.47. The first-order valence-electron chi connectivity index (χ1n) is 8.31. The van der Waals surface area contributed by atoms with Crippen molar-refractivity contribution in [1.29, 1.82) is 0 Å². The Balaban J connectivity index is 1.44. The van der Waals surface area contributed by atoms with Gasteiger partial charge in [-0.3, -0.25) is 0 Å². The molecule has 112 valence electrons. The molecule has 0 amide bonds. The molecule has 0 spiro atoms. The number of nitrogens with one attached hydrogen (secondary N) is 1. The maximum atomic E-state index is 3.82. The summed E-state index contributed by atoms with van der Waals surface area (Å²) in [6.07, 6.45) is 7.74. The summed E-state index contributed by atoms with van der Waals surface area (Å²) in [7, 11) is 2.14. The Morgan fingerprint density at radius 3 is 3.05 bits per heavy atom. The highest BCUT2D eigenvalue weighted by atomic mass is 15.2. The van der Waals surface area contributed by atoms with Crippen molar-refractivity contribution in [2.75, 3.05) is 13.1 Å². The Morgan fingerprint density at radius 2 is 2.10 bits per heavy atom. The quantitative estimate of drug-likeness (QED) is 0.934. The summed E-state index contributed by atoms with van der Waals surface area (Å²) in [5.74, 6) is 0. The van der Waals surface area contributed by atoms with Crippen LogP contribution in [0.4, 0.5) is 0 Å². The number of benzene rings is 1. The highest BCUT2D eigenvalue weighted by Gasteiger charge is 2.31. The lowest BCUT2D eigenvalue weighted by atomic mass is 9.97. The molecule has 1 aromatic heterocycles. The predicted molar refractivity (Wildman–Crippen MR) is 87.4 cm³/mol. The molecule has 2 aromatic rings. The largest absolute Gasteiger partial charge is 0.350 e. The van der Waals surface area contributed by atoms with Crippen molar-refractivity contribution >= 4 is 10.9 Å². The van der Waals surface area contributed by atoms with Gasteiger partial charge < -0.3 is 14.8 Å². The summed E-state index contributed by atoms with van der Waals surface area (Å²) in [4.78, 5) is 2.69. The van der Waals surface area contributed by atoms with E-state index >= 15 is 0 Å². The Hall–Kier alpha value is -1.32. The average Bonchev–Trinajstić information content (AvgIpc) is 3.10. The Kier molecular flexibility index (Phi) is 3.48. The van der Waals surface area contributed by atoms with E-state index in [0.29, 0.717) is 6.04 Å². The topological polar surface area (TPSA) is 20.2 Å². The molecule has 1 aromatic carbocycles. The van der Waals surface area contributed by atoms with E-state index in [4.69, 9.17) is 0 Å². The van der Waals surface area contributed by atoms with Gasteiger partial charge in [0, 0.05) is 42.8 Å². The molecule has 4 rings (SSSR count). The van der Waals surface area contributed by atoms with Crippen molar-refractivity contribution in [3.8, 4) is 0 Å². The molecule has 3 heteroatoms. The minimum Gasteiger partial charge on any atom is -0.350 e. The SMILES string of the molecule is Cn1cc(CNC2CCN3CCCC3C2)c2ccccc21. The van der Waals surface area contributed by atoms with Gasteiger partial charge in [0.25, 0.3) is 0 Å². The molecule has 2 saturated heterocycles. The number of piperidine rings is 1. The molecule has 0 bridgehead atoms. The van der Waals surface area contributed by atoms with Gasteiger partial charge in [0.05, 0.1) is 0 Å². The molecule has 21 heavy (non-hydrogen) atoms. The van der Waals surface area contributed by atoms with E-state index in [-0.39, 0.29) is 0 Å². The third kappa shape index (κ3) is 2.49. The van der Waals surface area contributed by atoms with Gasteiger partial charge in [0.15, 0.2) is 0 Å². The summed E-state index contributed by atoms with van der Waals surface area (Å²) >= 11 is 0. The number of hydrogen-bond acceptors (Lipinski definition) is 2. The molecule has 3 heterocycles. The van der Waals surface area contributed by atoms with Gasteiger partial charge in [-0.2, -0.15) is 0 Å². The predicted octanol–water partition coefficient (Wildman–Crippen LogP) is 2.89. The van der Waals surface area contributed by atoms with Gasteiger partial charge in [-0.25, -0.2) is 0 Å². The minimum atomic E-state index is 0.698. The molecule has 3 nitrogen and oxygen atoms in total. The van der Waals surface area contributed by atoms with Crippen LogP contribution in [0.25, 0.3) is 10.9 Å². The van der Waals surface area contributed by atoms with Crippen molar-refractivity contribution < 1.29 is 0 Å². The third-order valence-electron chi connectivity index (χ3n) is 5.38. The number of rotatable bonds is 3. The first-order chi connectivity index (χ1) is 10.3. The maximum absolute atomic E-state index is 3.82. The second-order valence-corrected chi connectivity index (χ2v) is 6.72. The molecular formula is C18H25N3. The number of fused-ring (bicyclic) bond motifs is 2. The van der Waals surface area contributed by atoms with Crippen molar-refractivity contribution in [2.24, 2.45) is 7.05 Å². The van der Waals surface area contributed by atoms with Gasteiger partial charge in [-0.1, -0.05) is 18.2 Å². The highest BCUT2D eigenvalue weighted by molar-refractivity contribution is 5.83. The van der Waals surface area contributed by atoms with Crippen LogP contribution in [0, 0.1) is 0 Å². The highest BCUT2D eigenvalue weighted by Crippen LogP contribution is 2.27. The van der Waals surface area contributed by atoms with Crippen LogP contribution < -0.4 is 5.32 Å². The number of aryl methyl sites for hydroxylation is 1. The molecule has 2 aliphatic heterocycles. The van der Waals surface area contributed by atoms with E-state index in [1.54, 1.807) is 0 Å². The molecule has 0 radical (unpaired) electrons. The molecule has 0 saturated carbocycles. The molecule has 2 aliphatic rings. The summed E-state index contributed by atoms with van der Waals surface area (Å²) in [5.41, 5.74) is 2.77. The Bertz CT molecular complexity index is 630. The molecular weight excluding hydrogens is 258 g/mol. The fraction of sp³-hybridized carbons (Fsp3) is 0.556. The van der Waals surface area contributed by atoms with E-state index in [1.165, 1.54) is 55.2 Å². The lowest BCUT2D eigenvalue weighted by molar-refractivity contribution is 0.166. The van der Waals surface area contributed by atoms with Crippen molar-refractivity contribution in [1.82, 2.24) is 14.8 Å². The van der Waals surface area contributed by atoms with Crippen LogP contribution in [-0.4, -0.2) is 34.6 Å². The Morgan fingerprint density at radius 1 is 1.19 bits per heavy atom.